The molecule has 0 radical (unpaired) electrons. The lowest BCUT2D eigenvalue weighted by molar-refractivity contribution is 0.252. The highest BCUT2D eigenvalue weighted by Gasteiger charge is 2.09. The van der Waals surface area contributed by atoms with E-state index in [1.807, 2.05) is 31.2 Å². The fourth-order valence-electron chi connectivity index (χ4n) is 1.94. The van der Waals surface area contributed by atoms with Crippen LogP contribution in [0.5, 0.6) is 5.75 Å². The van der Waals surface area contributed by atoms with Crippen LogP contribution in [0.4, 0.5) is 9.93 Å². The number of aromatic hydroxyl groups is 1. The summed E-state index contributed by atoms with van der Waals surface area (Å²) in [6.07, 6.45) is 1.56. The molecule has 0 saturated carbocycles. The molecule has 8 heteroatoms. The van der Waals surface area contributed by atoms with E-state index in [2.05, 4.69) is 26.0 Å². The van der Waals surface area contributed by atoms with Gasteiger partial charge in [-0.1, -0.05) is 41.2 Å². The fraction of sp³-hybridized carbons (Fsp3) is 0.0588. The van der Waals surface area contributed by atoms with E-state index in [1.165, 1.54) is 11.3 Å². The molecule has 0 aliphatic carbocycles. The number of aromatic nitrogens is 2. The fourth-order valence-corrected chi connectivity index (χ4v) is 2.68. The lowest BCUT2D eigenvalue weighted by Crippen LogP contribution is -2.24. The standard InChI is InChI=1S/C17H15N5O2S/c1-11-2-4-12(5-3-11)10-18-21-16(24)19-17-22-20-15(25-17)13-6-8-14(23)9-7-13/h2-10,23H,1H3,(H2,19,21,22,24)/b18-10+. The monoisotopic (exact) mass is 353 g/mol. The maximum absolute atomic E-state index is 11.8. The van der Waals surface area contributed by atoms with Gasteiger partial charge in [0.25, 0.3) is 0 Å². The van der Waals surface area contributed by atoms with Crippen LogP contribution in [-0.2, 0) is 0 Å². The molecule has 3 rings (SSSR count). The van der Waals surface area contributed by atoms with Crippen molar-refractivity contribution >= 4 is 28.7 Å². The highest BCUT2D eigenvalue weighted by Crippen LogP contribution is 2.27. The van der Waals surface area contributed by atoms with Crippen molar-refractivity contribution in [2.75, 3.05) is 5.32 Å². The van der Waals surface area contributed by atoms with E-state index in [1.54, 1.807) is 30.5 Å². The number of hydrazone groups is 1. The van der Waals surface area contributed by atoms with E-state index in [0.29, 0.717) is 10.1 Å². The number of anilines is 1. The number of rotatable bonds is 4. The van der Waals surface area contributed by atoms with Crippen LogP contribution in [0, 0.1) is 6.92 Å². The molecule has 1 aromatic heterocycles. The Bertz CT molecular complexity index is 888. The topological polar surface area (TPSA) is 99.5 Å². The Kier molecular flexibility index (Phi) is 5.00. The highest BCUT2D eigenvalue weighted by atomic mass is 32.1. The molecule has 2 amide bonds. The number of benzene rings is 2. The van der Waals surface area contributed by atoms with Gasteiger partial charge in [0.2, 0.25) is 5.13 Å². The lowest BCUT2D eigenvalue weighted by Gasteiger charge is -1.99. The molecule has 0 aliphatic rings. The van der Waals surface area contributed by atoms with E-state index in [0.717, 1.165) is 16.7 Å². The van der Waals surface area contributed by atoms with Crippen molar-refractivity contribution in [1.29, 1.82) is 0 Å². The van der Waals surface area contributed by atoms with Gasteiger partial charge < -0.3 is 5.11 Å². The summed E-state index contributed by atoms with van der Waals surface area (Å²) in [5.41, 5.74) is 5.22. The zero-order chi connectivity index (χ0) is 17.6. The first-order valence-electron chi connectivity index (χ1n) is 7.40. The molecule has 126 valence electrons. The molecule has 0 spiro atoms. The molecule has 0 unspecified atom stereocenters. The SMILES string of the molecule is Cc1ccc(/C=N/NC(=O)Nc2nnc(-c3ccc(O)cc3)s2)cc1. The van der Waals surface area contributed by atoms with Crippen molar-refractivity contribution in [2.45, 2.75) is 6.92 Å². The van der Waals surface area contributed by atoms with Gasteiger partial charge in [0.05, 0.1) is 6.21 Å². The summed E-state index contributed by atoms with van der Waals surface area (Å²) >= 11 is 1.22. The average molecular weight is 353 g/mol. The van der Waals surface area contributed by atoms with Gasteiger partial charge in [0, 0.05) is 5.56 Å². The quantitative estimate of drug-likeness (QED) is 0.494. The number of nitrogens with one attached hydrogen (secondary N) is 2. The Hall–Kier alpha value is -3.26. The van der Waals surface area contributed by atoms with Crippen LogP contribution in [-0.4, -0.2) is 27.5 Å². The number of phenols is 1. The molecule has 3 aromatic rings. The molecule has 0 bridgehead atoms. The Morgan fingerprint density at radius 2 is 1.84 bits per heavy atom. The number of hydrogen-bond acceptors (Lipinski definition) is 6. The number of phenolic OH excluding ortho intramolecular Hbond substituents is 1. The van der Waals surface area contributed by atoms with E-state index < -0.39 is 6.03 Å². The van der Waals surface area contributed by atoms with Crippen molar-refractivity contribution in [3.8, 4) is 16.3 Å². The minimum atomic E-state index is -0.503. The zero-order valence-corrected chi connectivity index (χ0v) is 14.1. The number of urea groups is 1. The molecule has 7 nitrogen and oxygen atoms in total. The van der Waals surface area contributed by atoms with Crippen LogP contribution >= 0.6 is 11.3 Å². The second-order valence-corrected chi connectivity index (χ2v) is 6.17. The number of carbonyl (C=O) groups is 1. The summed E-state index contributed by atoms with van der Waals surface area (Å²) in [5, 5.41) is 24.7. The normalized spacial score (nSPS) is 10.8. The molecule has 0 atom stereocenters. The van der Waals surface area contributed by atoms with Crippen molar-refractivity contribution in [3.63, 3.8) is 0 Å². The third-order valence-electron chi connectivity index (χ3n) is 3.22. The molecule has 3 N–H and O–H groups in total. The minimum absolute atomic E-state index is 0.178. The first-order valence-corrected chi connectivity index (χ1v) is 8.21. The number of hydrogen-bond donors (Lipinski definition) is 3. The Morgan fingerprint density at radius 3 is 2.56 bits per heavy atom. The van der Waals surface area contributed by atoms with E-state index in [4.69, 9.17) is 0 Å². The maximum Gasteiger partial charge on any atom is 0.341 e. The summed E-state index contributed by atoms with van der Waals surface area (Å²) in [5.74, 6) is 0.178. The van der Waals surface area contributed by atoms with Crippen LogP contribution in [0.2, 0.25) is 0 Å². The van der Waals surface area contributed by atoms with E-state index >= 15 is 0 Å². The minimum Gasteiger partial charge on any atom is -0.508 e. The average Bonchev–Trinajstić information content (AvgIpc) is 3.06. The van der Waals surface area contributed by atoms with E-state index in [9.17, 15) is 9.90 Å². The third kappa shape index (κ3) is 4.61. The summed E-state index contributed by atoms with van der Waals surface area (Å²) in [6.45, 7) is 2.00. The maximum atomic E-state index is 11.8. The molecule has 25 heavy (non-hydrogen) atoms. The van der Waals surface area contributed by atoms with Crippen molar-refractivity contribution in [2.24, 2.45) is 5.10 Å². The van der Waals surface area contributed by atoms with E-state index in [-0.39, 0.29) is 5.75 Å². The van der Waals surface area contributed by atoms with Crippen molar-refractivity contribution in [1.82, 2.24) is 15.6 Å². The van der Waals surface area contributed by atoms with Gasteiger partial charge in [0.1, 0.15) is 10.8 Å². The Morgan fingerprint density at radius 1 is 1.12 bits per heavy atom. The Labute approximate surface area is 148 Å². The molecule has 0 aliphatic heterocycles. The summed E-state index contributed by atoms with van der Waals surface area (Å²) in [4.78, 5) is 11.8. The van der Waals surface area contributed by atoms with Gasteiger partial charge in [-0.05, 0) is 36.8 Å². The van der Waals surface area contributed by atoms with Gasteiger partial charge in [-0.25, -0.2) is 10.2 Å². The second kappa shape index (κ2) is 7.54. The predicted octanol–water partition coefficient (Wildman–Crippen LogP) is 3.37. The summed E-state index contributed by atoms with van der Waals surface area (Å²) in [7, 11) is 0. The third-order valence-corrected chi connectivity index (χ3v) is 4.10. The molecule has 2 aromatic carbocycles. The van der Waals surface area contributed by atoms with Crippen molar-refractivity contribution in [3.05, 3.63) is 59.7 Å². The van der Waals surface area contributed by atoms with Gasteiger partial charge in [-0.15, -0.1) is 10.2 Å². The lowest BCUT2D eigenvalue weighted by atomic mass is 10.2. The molecule has 1 heterocycles. The van der Waals surface area contributed by atoms with Gasteiger partial charge >= 0.3 is 6.03 Å². The predicted molar refractivity (Wildman–Crippen MR) is 97.9 cm³/mol. The van der Waals surface area contributed by atoms with Crippen LogP contribution in [0.1, 0.15) is 11.1 Å². The van der Waals surface area contributed by atoms with Gasteiger partial charge in [0.15, 0.2) is 0 Å². The van der Waals surface area contributed by atoms with Crippen LogP contribution < -0.4 is 10.7 Å². The molecular weight excluding hydrogens is 338 g/mol. The number of aryl methyl sites for hydroxylation is 1. The first kappa shape index (κ1) is 16.6. The van der Waals surface area contributed by atoms with Crippen LogP contribution in [0.25, 0.3) is 10.6 Å². The number of carbonyl (C=O) groups excluding carboxylic acids is 1. The molecule has 0 saturated heterocycles. The highest BCUT2D eigenvalue weighted by molar-refractivity contribution is 7.18. The summed E-state index contributed by atoms with van der Waals surface area (Å²) < 4.78 is 0. The number of nitrogens with zero attached hydrogens (tertiary/aromatic N) is 3. The van der Waals surface area contributed by atoms with Gasteiger partial charge in [-0.3, -0.25) is 5.32 Å². The largest absolute Gasteiger partial charge is 0.508 e. The van der Waals surface area contributed by atoms with Crippen LogP contribution in [0.3, 0.4) is 0 Å². The molecular formula is C17H15N5O2S. The Balaban J connectivity index is 1.56. The smallest absolute Gasteiger partial charge is 0.341 e. The summed E-state index contributed by atoms with van der Waals surface area (Å²) in [6, 6.07) is 13.8. The van der Waals surface area contributed by atoms with Crippen LogP contribution in [0.15, 0.2) is 53.6 Å². The number of amides is 2. The second-order valence-electron chi connectivity index (χ2n) is 5.19. The zero-order valence-electron chi connectivity index (χ0n) is 13.3. The van der Waals surface area contributed by atoms with Gasteiger partial charge in [-0.2, -0.15) is 5.10 Å². The van der Waals surface area contributed by atoms with Crippen molar-refractivity contribution < 1.29 is 9.90 Å². The molecule has 0 fully saturated rings. The first-order chi connectivity index (χ1) is 12.1.